The summed E-state index contributed by atoms with van der Waals surface area (Å²) in [6.07, 6.45) is 5.47. The second-order valence-corrected chi connectivity index (χ2v) is 6.49. The van der Waals surface area contributed by atoms with Gasteiger partial charge in [-0.25, -0.2) is 0 Å². The van der Waals surface area contributed by atoms with E-state index in [-0.39, 0.29) is 5.78 Å². The summed E-state index contributed by atoms with van der Waals surface area (Å²) in [7, 11) is 2.63. The van der Waals surface area contributed by atoms with Gasteiger partial charge >= 0.3 is 0 Å². The average Bonchev–Trinajstić information content (AvgIpc) is 2.88. The predicted octanol–water partition coefficient (Wildman–Crippen LogP) is 1.96. The lowest BCUT2D eigenvalue weighted by Gasteiger charge is -2.36. The van der Waals surface area contributed by atoms with E-state index in [2.05, 4.69) is 26.8 Å². The molecule has 1 aliphatic heterocycles. The first-order valence-electron chi connectivity index (χ1n) is 7.28. The lowest BCUT2D eigenvalue weighted by atomic mass is 9.93. The summed E-state index contributed by atoms with van der Waals surface area (Å²) in [5.74, 6) is 1.62. The van der Waals surface area contributed by atoms with Crippen molar-refractivity contribution < 1.29 is 4.79 Å². The van der Waals surface area contributed by atoms with E-state index in [1.807, 2.05) is 24.3 Å². The van der Waals surface area contributed by atoms with E-state index in [1.165, 1.54) is 19.3 Å². The van der Waals surface area contributed by atoms with E-state index in [0.717, 1.165) is 16.7 Å². The number of fused-ring (bicyclic) bond motifs is 1. The number of nitrogens with one attached hydrogen (secondary N) is 2. The van der Waals surface area contributed by atoms with Gasteiger partial charge in [-0.2, -0.15) is 0 Å². The van der Waals surface area contributed by atoms with Crippen molar-refractivity contribution in [3.05, 3.63) is 41.7 Å². The van der Waals surface area contributed by atoms with E-state index in [0.29, 0.717) is 18.0 Å². The molecule has 106 valence electrons. The fraction of sp³-hybridized carbons (Fsp3) is 0.438. The van der Waals surface area contributed by atoms with Crippen LogP contribution in [0.3, 0.4) is 0 Å². The monoisotopic (exact) mass is 288 g/mol. The van der Waals surface area contributed by atoms with Gasteiger partial charge in [-0.05, 0) is 31.0 Å². The first-order valence-corrected chi connectivity index (χ1v) is 7.86. The Morgan fingerprint density at radius 3 is 2.75 bits per heavy atom. The zero-order valence-electron chi connectivity index (χ0n) is 11.7. The van der Waals surface area contributed by atoms with Gasteiger partial charge in [0, 0.05) is 23.7 Å². The highest BCUT2D eigenvalue weighted by Crippen LogP contribution is 2.31. The number of hydrogen-bond acceptors (Lipinski definition) is 3. The molecule has 4 heteroatoms. The number of hydrogen-bond donors (Lipinski definition) is 2. The Morgan fingerprint density at radius 1 is 1.25 bits per heavy atom. The number of allylic oxidation sites excluding steroid dienone is 1. The van der Waals surface area contributed by atoms with Crippen molar-refractivity contribution in [2.75, 3.05) is 0 Å². The van der Waals surface area contributed by atoms with Gasteiger partial charge in [-0.1, -0.05) is 30.7 Å². The minimum absolute atomic E-state index is 0.0497. The van der Waals surface area contributed by atoms with Gasteiger partial charge in [-0.15, -0.1) is 9.24 Å². The lowest BCUT2D eigenvalue weighted by Crippen LogP contribution is -2.52. The first kappa shape index (κ1) is 13.6. The summed E-state index contributed by atoms with van der Waals surface area (Å²) in [5.41, 5.74) is 0.730. The highest BCUT2D eigenvalue weighted by Gasteiger charge is 2.35. The summed E-state index contributed by atoms with van der Waals surface area (Å²) in [5, 5.41) is 8.00. The topological polar surface area (TPSA) is 41.1 Å². The molecule has 0 radical (unpaired) electrons. The maximum atomic E-state index is 12.3. The largest absolute Gasteiger partial charge is 0.369 e. The second kappa shape index (κ2) is 5.57. The number of rotatable bonds is 2. The number of ketones is 1. The molecule has 3 rings (SSSR count). The van der Waals surface area contributed by atoms with Gasteiger partial charge in [0.2, 0.25) is 0 Å². The number of carbonyl (C=O) groups excluding carboxylic acids is 1. The Balaban J connectivity index is 1.75. The van der Waals surface area contributed by atoms with Gasteiger partial charge in [0.15, 0.2) is 5.78 Å². The quantitative estimate of drug-likeness (QED) is 0.496. The Kier molecular flexibility index (Phi) is 3.80. The summed E-state index contributed by atoms with van der Waals surface area (Å²) in [6, 6.07) is 8.58. The standard InChI is InChI=1S/C16H21N2OP/c1-10-13-3-2-4-14(13)18-16(17-10)9-15(19)11-5-7-12(20)8-6-11/h5-10,13-14,17-18H,2-4,20H2,1H3/b16-9+. The van der Waals surface area contributed by atoms with Crippen LogP contribution in [0.4, 0.5) is 0 Å². The number of carbonyl (C=O) groups is 1. The summed E-state index contributed by atoms with van der Waals surface area (Å²) in [4.78, 5) is 12.3. The van der Waals surface area contributed by atoms with E-state index in [9.17, 15) is 4.79 Å². The highest BCUT2D eigenvalue weighted by molar-refractivity contribution is 7.27. The third-order valence-electron chi connectivity index (χ3n) is 4.41. The van der Waals surface area contributed by atoms with E-state index in [4.69, 9.17) is 0 Å². The molecule has 4 unspecified atom stereocenters. The Morgan fingerprint density at radius 2 is 2.00 bits per heavy atom. The van der Waals surface area contributed by atoms with Crippen molar-refractivity contribution in [3.8, 4) is 0 Å². The van der Waals surface area contributed by atoms with Crippen LogP contribution in [0.5, 0.6) is 0 Å². The zero-order chi connectivity index (χ0) is 14.1. The van der Waals surface area contributed by atoms with Crippen LogP contribution in [-0.4, -0.2) is 17.9 Å². The Bertz CT molecular complexity index is 538. The van der Waals surface area contributed by atoms with Crippen LogP contribution >= 0.6 is 9.24 Å². The van der Waals surface area contributed by atoms with Gasteiger partial charge in [-0.3, -0.25) is 4.79 Å². The van der Waals surface area contributed by atoms with Crippen molar-refractivity contribution in [3.63, 3.8) is 0 Å². The molecule has 4 atom stereocenters. The third-order valence-corrected chi connectivity index (χ3v) is 4.79. The maximum Gasteiger partial charge on any atom is 0.189 e. The molecule has 1 saturated heterocycles. The molecule has 20 heavy (non-hydrogen) atoms. The molecule has 1 aromatic carbocycles. The third kappa shape index (κ3) is 2.73. The Labute approximate surface area is 122 Å². The molecule has 1 saturated carbocycles. The predicted molar refractivity (Wildman–Crippen MR) is 85.1 cm³/mol. The second-order valence-electron chi connectivity index (χ2n) is 5.82. The molecule has 0 amide bonds. The van der Waals surface area contributed by atoms with Crippen LogP contribution in [-0.2, 0) is 0 Å². The molecule has 3 nitrogen and oxygen atoms in total. The molecule has 0 bridgehead atoms. The van der Waals surface area contributed by atoms with E-state index < -0.39 is 0 Å². The van der Waals surface area contributed by atoms with Crippen LogP contribution in [0.25, 0.3) is 0 Å². The summed E-state index contributed by atoms with van der Waals surface area (Å²) in [6.45, 7) is 2.21. The van der Waals surface area contributed by atoms with Gasteiger partial charge in [0.25, 0.3) is 0 Å². The van der Waals surface area contributed by atoms with Crippen LogP contribution < -0.4 is 15.9 Å². The fourth-order valence-electron chi connectivity index (χ4n) is 3.31. The van der Waals surface area contributed by atoms with Crippen molar-refractivity contribution in [2.24, 2.45) is 5.92 Å². The molecule has 1 aliphatic carbocycles. The smallest absolute Gasteiger partial charge is 0.189 e. The minimum Gasteiger partial charge on any atom is -0.369 e. The van der Waals surface area contributed by atoms with Gasteiger partial charge < -0.3 is 10.6 Å². The molecule has 2 fully saturated rings. The normalized spacial score (nSPS) is 30.5. The van der Waals surface area contributed by atoms with Crippen LogP contribution in [0.15, 0.2) is 36.2 Å². The molecule has 2 aliphatic rings. The first-order chi connectivity index (χ1) is 9.63. The van der Waals surface area contributed by atoms with Crippen LogP contribution in [0.1, 0.15) is 36.5 Å². The molecule has 0 aromatic heterocycles. The van der Waals surface area contributed by atoms with E-state index >= 15 is 0 Å². The van der Waals surface area contributed by atoms with Crippen LogP contribution in [0.2, 0.25) is 0 Å². The van der Waals surface area contributed by atoms with Crippen LogP contribution in [0, 0.1) is 5.92 Å². The summed E-state index contributed by atoms with van der Waals surface area (Å²) >= 11 is 0. The van der Waals surface area contributed by atoms with Crippen molar-refractivity contribution in [2.45, 2.75) is 38.3 Å². The van der Waals surface area contributed by atoms with E-state index in [1.54, 1.807) is 6.08 Å². The molecule has 2 N–H and O–H groups in total. The lowest BCUT2D eigenvalue weighted by molar-refractivity contribution is 0.104. The van der Waals surface area contributed by atoms with Crippen molar-refractivity contribution >= 4 is 20.3 Å². The number of benzene rings is 1. The Hall–Kier alpha value is -1.34. The fourth-order valence-corrected chi connectivity index (χ4v) is 3.50. The molecule has 0 spiro atoms. The van der Waals surface area contributed by atoms with Gasteiger partial charge in [0.05, 0.1) is 0 Å². The van der Waals surface area contributed by atoms with Crippen molar-refractivity contribution in [1.82, 2.24) is 10.6 Å². The molecule has 1 heterocycles. The average molecular weight is 288 g/mol. The SMILES string of the molecule is CC1N/C(=C\C(=O)c2ccc(P)cc2)NC2CCCC12. The molecular formula is C16H21N2OP. The highest BCUT2D eigenvalue weighted by atomic mass is 31.0. The molecular weight excluding hydrogens is 267 g/mol. The zero-order valence-corrected chi connectivity index (χ0v) is 12.9. The maximum absolute atomic E-state index is 12.3. The van der Waals surface area contributed by atoms with Gasteiger partial charge in [0.1, 0.15) is 5.82 Å². The minimum atomic E-state index is 0.0497. The van der Waals surface area contributed by atoms with Crippen molar-refractivity contribution in [1.29, 1.82) is 0 Å². The molecule has 1 aromatic rings. The summed E-state index contributed by atoms with van der Waals surface area (Å²) < 4.78 is 0.